The topological polar surface area (TPSA) is 46.5 Å². The Kier molecular flexibility index (Phi) is 16.0. The second kappa shape index (κ2) is 13.4. The van der Waals surface area contributed by atoms with E-state index < -0.39 is 8.25 Å². The van der Waals surface area contributed by atoms with Crippen LogP contribution in [0.5, 0.6) is 0 Å². The fraction of sp³-hybridized carbons (Fsp3) is 1.00. The van der Waals surface area contributed by atoms with Gasteiger partial charge in [-0.05, 0) is 17.4 Å². The first-order chi connectivity index (χ1) is 6.27. The fourth-order valence-corrected chi connectivity index (χ4v) is 1.54. The summed E-state index contributed by atoms with van der Waals surface area (Å²) in [5.41, 5.74) is 0. The lowest BCUT2D eigenvalue weighted by atomic mass is 10.1. The molecule has 3 nitrogen and oxygen atoms in total. The molecule has 0 spiro atoms. The summed E-state index contributed by atoms with van der Waals surface area (Å²) in [6.07, 6.45) is 8.42. The maximum absolute atomic E-state index is 10.1. The maximum Gasteiger partial charge on any atom is 0.316 e. The molecule has 0 aliphatic heterocycles. The first-order valence-corrected chi connectivity index (χ1v) is 6.39. The van der Waals surface area contributed by atoms with E-state index in [0.717, 1.165) is 12.8 Å². The molecule has 0 rings (SSSR count). The van der Waals surface area contributed by atoms with Crippen LogP contribution in [0.25, 0.3) is 0 Å². The van der Waals surface area contributed by atoms with Gasteiger partial charge in [-0.25, -0.2) is 0 Å². The third-order valence-corrected chi connectivity index (χ3v) is 2.42. The van der Waals surface area contributed by atoms with Gasteiger partial charge in [0.25, 0.3) is 0 Å². The SMILES string of the molecule is CCCCCCCCCO[PH](=O)O.[SiH4]. The number of unbranched alkanes of at least 4 members (excludes halogenated alkanes) is 6. The molecule has 88 valence electrons. The van der Waals surface area contributed by atoms with E-state index in [0.29, 0.717) is 6.61 Å². The molecule has 0 aromatic rings. The van der Waals surface area contributed by atoms with Gasteiger partial charge in [-0.1, -0.05) is 45.4 Å². The van der Waals surface area contributed by atoms with E-state index in [2.05, 4.69) is 11.4 Å². The van der Waals surface area contributed by atoms with Crippen LogP contribution in [0.2, 0.25) is 0 Å². The molecular formula is C9H25O3PSi. The molecule has 0 saturated heterocycles. The van der Waals surface area contributed by atoms with Crippen LogP contribution in [0.3, 0.4) is 0 Å². The van der Waals surface area contributed by atoms with Gasteiger partial charge in [0.1, 0.15) is 0 Å². The van der Waals surface area contributed by atoms with Gasteiger partial charge < -0.3 is 9.42 Å². The average Bonchev–Trinajstić information content (AvgIpc) is 2.09. The van der Waals surface area contributed by atoms with Crippen molar-refractivity contribution in [3.63, 3.8) is 0 Å². The number of rotatable bonds is 9. The van der Waals surface area contributed by atoms with Crippen molar-refractivity contribution in [1.82, 2.24) is 0 Å². The van der Waals surface area contributed by atoms with Crippen LogP contribution in [0.1, 0.15) is 51.9 Å². The molecule has 0 amide bonds. The molecule has 0 aliphatic rings. The largest absolute Gasteiger partial charge is 0.326 e. The van der Waals surface area contributed by atoms with E-state index in [1.807, 2.05) is 0 Å². The quantitative estimate of drug-likeness (QED) is 0.379. The van der Waals surface area contributed by atoms with Crippen molar-refractivity contribution in [2.75, 3.05) is 6.61 Å². The highest BCUT2D eigenvalue weighted by Gasteiger charge is 1.93. The van der Waals surface area contributed by atoms with Crippen molar-refractivity contribution >= 4 is 19.2 Å². The molecule has 1 atom stereocenters. The highest BCUT2D eigenvalue weighted by atomic mass is 31.1. The van der Waals surface area contributed by atoms with Crippen molar-refractivity contribution < 1.29 is 14.0 Å². The number of hydrogen-bond donors (Lipinski definition) is 1. The van der Waals surface area contributed by atoms with Crippen LogP contribution in [-0.4, -0.2) is 22.5 Å². The van der Waals surface area contributed by atoms with Crippen molar-refractivity contribution in [3.05, 3.63) is 0 Å². The van der Waals surface area contributed by atoms with Crippen LogP contribution in [0.15, 0.2) is 0 Å². The molecule has 14 heavy (non-hydrogen) atoms. The normalized spacial score (nSPS) is 12.1. The molecule has 0 radical (unpaired) electrons. The molecule has 0 aromatic carbocycles. The zero-order valence-corrected chi connectivity index (χ0v) is 9.42. The Morgan fingerprint density at radius 1 is 1.07 bits per heavy atom. The predicted octanol–water partition coefficient (Wildman–Crippen LogP) is 1.68. The second-order valence-corrected chi connectivity index (χ2v) is 4.06. The van der Waals surface area contributed by atoms with Crippen molar-refractivity contribution in [1.29, 1.82) is 0 Å². The molecule has 1 N–H and O–H groups in total. The van der Waals surface area contributed by atoms with Gasteiger partial charge in [0.2, 0.25) is 0 Å². The number of hydrogen-bond acceptors (Lipinski definition) is 2. The van der Waals surface area contributed by atoms with Crippen molar-refractivity contribution in [3.8, 4) is 0 Å². The highest BCUT2D eigenvalue weighted by Crippen LogP contribution is 2.15. The van der Waals surface area contributed by atoms with E-state index in [4.69, 9.17) is 4.89 Å². The van der Waals surface area contributed by atoms with Gasteiger partial charge in [0, 0.05) is 0 Å². The lowest BCUT2D eigenvalue weighted by Crippen LogP contribution is -1.87. The Balaban J connectivity index is 0. The van der Waals surface area contributed by atoms with E-state index in [-0.39, 0.29) is 11.0 Å². The Morgan fingerprint density at radius 2 is 1.57 bits per heavy atom. The van der Waals surface area contributed by atoms with Crippen molar-refractivity contribution in [2.24, 2.45) is 0 Å². The summed E-state index contributed by atoms with van der Waals surface area (Å²) in [5.74, 6) is 0. The van der Waals surface area contributed by atoms with Crippen LogP contribution in [0.4, 0.5) is 0 Å². The molecule has 0 aliphatic carbocycles. The van der Waals surface area contributed by atoms with Crippen molar-refractivity contribution in [2.45, 2.75) is 51.9 Å². The summed E-state index contributed by atoms with van der Waals surface area (Å²) in [7, 11) is -2.69. The van der Waals surface area contributed by atoms with E-state index in [1.165, 1.54) is 32.1 Å². The summed E-state index contributed by atoms with van der Waals surface area (Å²) in [6, 6.07) is 0. The Bertz CT molecular complexity index is 133. The van der Waals surface area contributed by atoms with Gasteiger partial charge in [-0.15, -0.1) is 0 Å². The minimum Gasteiger partial charge on any atom is -0.326 e. The first-order valence-electron chi connectivity index (χ1n) is 5.13. The first kappa shape index (κ1) is 16.8. The lowest BCUT2D eigenvalue weighted by Gasteiger charge is -2.00. The van der Waals surface area contributed by atoms with Gasteiger partial charge in [0.05, 0.1) is 6.61 Å². The maximum atomic E-state index is 10.1. The van der Waals surface area contributed by atoms with Gasteiger partial charge in [-0.2, -0.15) is 0 Å². The standard InChI is InChI=1S/C9H21O3P.H4Si/c1-2-3-4-5-6-7-8-9-12-13(10)11;/h13H,2-9H2,1H3,(H,10,11);1H4. The van der Waals surface area contributed by atoms with Crippen LogP contribution in [0, 0.1) is 0 Å². The monoisotopic (exact) mass is 240 g/mol. The fourth-order valence-electron chi connectivity index (χ4n) is 1.22. The molecule has 0 saturated carbocycles. The summed E-state index contributed by atoms with van der Waals surface area (Å²) in [4.78, 5) is 8.35. The molecular weight excluding hydrogens is 215 g/mol. The molecule has 0 bridgehead atoms. The molecule has 1 unspecified atom stereocenters. The third kappa shape index (κ3) is 14.9. The minimum absolute atomic E-state index is 0. The Labute approximate surface area is 92.2 Å². The smallest absolute Gasteiger partial charge is 0.316 e. The zero-order valence-electron chi connectivity index (χ0n) is 8.42. The lowest BCUT2D eigenvalue weighted by molar-refractivity contribution is 0.273. The summed E-state index contributed by atoms with van der Waals surface area (Å²) >= 11 is 0. The molecule has 5 heteroatoms. The van der Waals surface area contributed by atoms with E-state index in [9.17, 15) is 4.57 Å². The minimum atomic E-state index is -2.69. The van der Waals surface area contributed by atoms with E-state index in [1.54, 1.807) is 0 Å². The Morgan fingerprint density at radius 3 is 2.07 bits per heavy atom. The third-order valence-electron chi connectivity index (χ3n) is 1.97. The summed E-state index contributed by atoms with van der Waals surface area (Å²) in [5, 5.41) is 0. The van der Waals surface area contributed by atoms with Gasteiger partial charge in [0.15, 0.2) is 0 Å². The molecule has 0 aromatic heterocycles. The second-order valence-electron chi connectivity index (χ2n) is 3.24. The molecule has 0 fully saturated rings. The highest BCUT2D eigenvalue weighted by molar-refractivity contribution is 7.32. The average molecular weight is 240 g/mol. The molecule has 0 heterocycles. The predicted molar refractivity (Wildman–Crippen MR) is 66.5 cm³/mol. The van der Waals surface area contributed by atoms with Gasteiger partial charge in [-0.3, -0.25) is 4.57 Å². The summed E-state index contributed by atoms with van der Waals surface area (Å²) in [6.45, 7) is 2.63. The Hall–Kier alpha value is 0.367. The van der Waals surface area contributed by atoms with Crippen LogP contribution >= 0.6 is 8.25 Å². The summed E-state index contributed by atoms with van der Waals surface area (Å²) < 4.78 is 14.7. The van der Waals surface area contributed by atoms with Gasteiger partial charge >= 0.3 is 8.25 Å². The zero-order chi connectivity index (χ0) is 9.94. The van der Waals surface area contributed by atoms with Crippen LogP contribution in [-0.2, 0) is 9.09 Å². The van der Waals surface area contributed by atoms with Crippen LogP contribution < -0.4 is 0 Å². The van der Waals surface area contributed by atoms with E-state index >= 15 is 0 Å².